The molecular formula is C20H22BrNO2. The van der Waals surface area contributed by atoms with Gasteiger partial charge in [-0.3, -0.25) is 4.79 Å². The van der Waals surface area contributed by atoms with E-state index in [4.69, 9.17) is 4.74 Å². The monoisotopic (exact) mass is 387 g/mol. The summed E-state index contributed by atoms with van der Waals surface area (Å²) in [6.45, 7) is 7.28. The topological polar surface area (TPSA) is 29.5 Å². The maximum absolute atomic E-state index is 12.5. The minimum absolute atomic E-state index is 0.00764. The largest absolute Gasteiger partial charge is 0.483 e. The van der Waals surface area contributed by atoms with E-state index in [1.165, 1.54) is 11.1 Å². The first-order valence-electron chi connectivity index (χ1n) is 8.17. The summed E-state index contributed by atoms with van der Waals surface area (Å²) in [5, 5.41) is 0. The molecule has 3 rings (SSSR count). The Morgan fingerprint density at radius 1 is 1.21 bits per heavy atom. The quantitative estimate of drug-likeness (QED) is 0.762. The standard InChI is InChI=1S/C20H22BrNO2/c1-20(2,3)15-8-9-18(16(21)12-15)24-13-19(23)22-11-10-14-6-4-5-7-17(14)22/h4-9,12H,10-11,13H2,1-3H3. The van der Waals surface area contributed by atoms with Crippen molar-refractivity contribution in [1.82, 2.24) is 0 Å². The first-order chi connectivity index (χ1) is 11.4. The van der Waals surface area contributed by atoms with Gasteiger partial charge in [-0.2, -0.15) is 0 Å². The molecule has 0 bridgehead atoms. The molecule has 24 heavy (non-hydrogen) atoms. The van der Waals surface area contributed by atoms with Gasteiger partial charge in [-0.05, 0) is 57.1 Å². The van der Waals surface area contributed by atoms with Crippen LogP contribution in [0.3, 0.4) is 0 Å². The van der Waals surface area contributed by atoms with E-state index in [1.807, 2.05) is 29.2 Å². The molecule has 1 amide bonds. The average Bonchev–Trinajstić information content (AvgIpc) is 2.96. The van der Waals surface area contributed by atoms with Crippen molar-refractivity contribution in [1.29, 1.82) is 0 Å². The lowest BCUT2D eigenvalue weighted by Gasteiger charge is -2.21. The summed E-state index contributed by atoms with van der Waals surface area (Å²) in [6.07, 6.45) is 0.909. The third-order valence-corrected chi connectivity index (χ3v) is 4.96. The first kappa shape index (κ1) is 17.0. The van der Waals surface area contributed by atoms with Crippen LogP contribution in [0.1, 0.15) is 31.9 Å². The number of anilines is 1. The molecule has 0 saturated heterocycles. The number of fused-ring (bicyclic) bond motifs is 1. The number of carbonyl (C=O) groups is 1. The number of nitrogens with zero attached hydrogens (tertiary/aromatic N) is 1. The van der Waals surface area contributed by atoms with Crippen molar-refractivity contribution in [3.8, 4) is 5.75 Å². The fraction of sp³-hybridized carbons (Fsp3) is 0.350. The van der Waals surface area contributed by atoms with Crippen LogP contribution < -0.4 is 9.64 Å². The van der Waals surface area contributed by atoms with Gasteiger partial charge in [-0.25, -0.2) is 0 Å². The highest BCUT2D eigenvalue weighted by atomic mass is 79.9. The Morgan fingerprint density at radius 2 is 1.96 bits per heavy atom. The lowest BCUT2D eigenvalue weighted by Crippen LogP contribution is -2.33. The highest BCUT2D eigenvalue weighted by molar-refractivity contribution is 9.10. The maximum Gasteiger partial charge on any atom is 0.264 e. The summed E-state index contributed by atoms with van der Waals surface area (Å²) in [5.41, 5.74) is 3.53. The van der Waals surface area contributed by atoms with Gasteiger partial charge in [-0.15, -0.1) is 0 Å². The molecule has 2 aromatic carbocycles. The molecule has 0 atom stereocenters. The van der Waals surface area contributed by atoms with Gasteiger partial charge in [0.05, 0.1) is 4.47 Å². The molecule has 0 fully saturated rings. The summed E-state index contributed by atoms with van der Waals surface area (Å²) in [7, 11) is 0. The normalized spacial score (nSPS) is 13.8. The second kappa shape index (κ2) is 6.60. The average molecular weight is 388 g/mol. The summed E-state index contributed by atoms with van der Waals surface area (Å²) >= 11 is 3.55. The van der Waals surface area contributed by atoms with E-state index in [0.29, 0.717) is 5.75 Å². The second-order valence-electron chi connectivity index (χ2n) is 7.11. The SMILES string of the molecule is CC(C)(C)c1ccc(OCC(=O)N2CCc3ccccc32)c(Br)c1. The number of ether oxygens (including phenoxy) is 1. The molecule has 0 radical (unpaired) electrons. The lowest BCUT2D eigenvalue weighted by molar-refractivity contribution is -0.120. The summed E-state index contributed by atoms with van der Waals surface area (Å²) in [6, 6.07) is 14.1. The van der Waals surface area contributed by atoms with Gasteiger partial charge in [0.1, 0.15) is 5.75 Å². The van der Waals surface area contributed by atoms with Crippen LogP contribution in [-0.2, 0) is 16.6 Å². The molecule has 1 aliphatic heterocycles. The zero-order chi connectivity index (χ0) is 17.3. The van der Waals surface area contributed by atoms with Gasteiger partial charge >= 0.3 is 0 Å². The number of halogens is 1. The Kier molecular flexibility index (Phi) is 4.68. The smallest absolute Gasteiger partial charge is 0.264 e. The van der Waals surface area contributed by atoms with Crippen LogP contribution in [0, 0.1) is 0 Å². The molecule has 0 unspecified atom stereocenters. The summed E-state index contributed by atoms with van der Waals surface area (Å²) in [4.78, 5) is 14.3. The predicted octanol–water partition coefficient (Wildman–Crippen LogP) is 4.71. The Bertz CT molecular complexity index is 764. The van der Waals surface area contributed by atoms with Crippen molar-refractivity contribution < 1.29 is 9.53 Å². The molecule has 4 heteroatoms. The van der Waals surface area contributed by atoms with Crippen LogP contribution in [0.4, 0.5) is 5.69 Å². The molecule has 0 N–H and O–H groups in total. The number of hydrogen-bond acceptors (Lipinski definition) is 2. The third-order valence-electron chi connectivity index (χ3n) is 4.34. The van der Waals surface area contributed by atoms with Crippen LogP contribution in [-0.4, -0.2) is 19.1 Å². The molecular weight excluding hydrogens is 366 g/mol. The number of benzene rings is 2. The first-order valence-corrected chi connectivity index (χ1v) is 8.96. The molecule has 0 aromatic heterocycles. The van der Waals surface area contributed by atoms with Crippen LogP contribution in [0.2, 0.25) is 0 Å². The zero-order valence-electron chi connectivity index (χ0n) is 14.3. The predicted molar refractivity (Wildman–Crippen MR) is 101 cm³/mol. The van der Waals surface area contributed by atoms with Gasteiger partial charge in [0.2, 0.25) is 0 Å². The number of amides is 1. The molecule has 1 aliphatic rings. The summed E-state index contributed by atoms with van der Waals surface area (Å²) < 4.78 is 6.63. The third kappa shape index (κ3) is 3.48. The zero-order valence-corrected chi connectivity index (χ0v) is 15.9. The van der Waals surface area contributed by atoms with Crippen molar-refractivity contribution in [2.24, 2.45) is 0 Å². The van der Waals surface area contributed by atoms with E-state index < -0.39 is 0 Å². The summed E-state index contributed by atoms with van der Waals surface area (Å²) in [5.74, 6) is 0.690. The van der Waals surface area contributed by atoms with Crippen molar-refractivity contribution in [3.63, 3.8) is 0 Å². The highest BCUT2D eigenvalue weighted by Gasteiger charge is 2.24. The van der Waals surface area contributed by atoms with Crippen molar-refractivity contribution in [3.05, 3.63) is 58.1 Å². The van der Waals surface area contributed by atoms with Gasteiger partial charge in [0.25, 0.3) is 5.91 Å². The number of carbonyl (C=O) groups excluding carboxylic acids is 1. The Labute approximate surface area is 151 Å². The van der Waals surface area contributed by atoms with E-state index in [1.54, 1.807) is 0 Å². The minimum Gasteiger partial charge on any atom is -0.483 e. The molecule has 0 aliphatic carbocycles. The van der Waals surface area contributed by atoms with E-state index in [2.05, 4.69) is 54.9 Å². The van der Waals surface area contributed by atoms with Crippen molar-refractivity contribution in [2.45, 2.75) is 32.6 Å². The van der Waals surface area contributed by atoms with E-state index >= 15 is 0 Å². The fourth-order valence-electron chi connectivity index (χ4n) is 2.90. The Balaban J connectivity index is 1.67. The van der Waals surface area contributed by atoms with Gasteiger partial charge < -0.3 is 9.64 Å². The van der Waals surface area contributed by atoms with Crippen molar-refractivity contribution >= 4 is 27.5 Å². The molecule has 0 saturated carbocycles. The van der Waals surface area contributed by atoms with Gasteiger partial charge in [-0.1, -0.05) is 45.0 Å². The van der Waals surface area contributed by atoms with E-state index in [-0.39, 0.29) is 17.9 Å². The van der Waals surface area contributed by atoms with Crippen LogP contribution in [0.15, 0.2) is 46.9 Å². The van der Waals surface area contributed by atoms with Crippen LogP contribution in [0.5, 0.6) is 5.75 Å². The van der Waals surface area contributed by atoms with Gasteiger partial charge in [0.15, 0.2) is 6.61 Å². The Hall–Kier alpha value is -1.81. The van der Waals surface area contributed by atoms with Gasteiger partial charge in [0, 0.05) is 12.2 Å². The second-order valence-corrected chi connectivity index (χ2v) is 7.96. The van der Waals surface area contributed by atoms with Crippen LogP contribution >= 0.6 is 15.9 Å². The number of para-hydroxylation sites is 1. The van der Waals surface area contributed by atoms with E-state index in [0.717, 1.165) is 23.1 Å². The highest BCUT2D eigenvalue weighted by Crippen LogP contribution is 2.32. The Morgan fingerprint density at radius 3 is 2.67 bits per heavy atom. The molecule has 0 spiro atoms. The minimum atomic E-state index is -0.00764. The number of hydrogen-bond donors (Lipinski definition) is 0. The lowest BCUT2D eigenvalue weighted by atomic mass is 9.87. The fourth-order valence-corrected chi connectivity index (χ4v) is 3.39. The maximum atomic E-state index is 12.5. The van der Waals surface area contributed by atoms with Crippen molar-refractivity contribution in [2.75, 3.05) is 18.1 Å². The number of rotatable bonds is 3. The molecule has 2 aromatic rings. The molecule has 3 nitrogen and oxygen atoms in total. The molecule has 1 heterocycles. The molecule has 126 valence electrons. The van der Waals surface area contributed by atoms with Crippen LogP contribution in [0.25, 0.3) is 0 Å². The van der Waals surface area contributed by atoms with E-state index in [9.17, 15) is 4.79 Å².